The third-order valence-corrected chi connectivity index (χ3v) is 10.4. The molecule has 0 atom stereocenters. The van der Waals surface area contributed by atoms with Crippen LogP contribution in [-0.2, 0) is 26.5 Å². The average Bonchev–Trinajstić information content (AvgIpc) is 3.83. The molecule has 0 amide bonds. The van der Waals surface area contributed by atoms with Crippen molar-refractivity contribution in [2.45, 2.75) is 39.0 Å². The van der Waals surface area contributed by atoms with Gasteiger partial charge in [-0.25, -0.2) is 0 Å². The predicted octanol–water partition coefficient (Wildman–Crippen LogP) is 12.4. The first-order chi connectivity index (χ1) is 25.2. The zero-order valence-corrected chi connectivity index (χ0v) is 31.3. The maximum Gasteiger partial charge on any atom is 0.136 e. The molecule has 1 aliphatic carbocycles. The van der Waals surface area contributed by atoms with Gasteiger partial charge in [0.1, 0.15) is 11.2 Å². The molecule has 10 rings (SSSR count). The predicted molar refractivity (Wildman–Crippen MR) is 209 cm³/mol. The summed E-state index contributed by atoms with van der Waals surface area (Å²) in [5, 5.41) is 6.03. The van der Waals surface area contributed by atoms with E-state index >= 15 is 0 Å². The number of furan rings is 1. The summed E-state index contributed by atoms with van der Waals surface area (Å²) in [6.07, 6.45) is 10.4. The molecule has 0 saturated heterocycles. The third kappa shape index (κ3) is 6.59. The maximum atomic E-state index is 6.25. The average molecular weight is 852 g/mol. The van der Waals surface area contributed by atoms with E-state index in [1.807, 2.05) is 60.8 Å². The maximum absolute atomic E-state index is 6.25. The SMILES string of the molecule is Cc1c2cccc1-c1cc3oc4ccccc4c3cc1Nc1c[c-]c(-c3cc(CC4CCCC4)ccn3)cc1-2.[Ir].[c-]1ccccc1-c1ccccn1. The second-order valence-corrected chi connectivity index (χ2v) is 13.7. The van der Waals surface area contributed by atoms with E-state index in [0.717, 1.165) is 73.7 Å². The molecule has 52 heavy (non-hydrogen) atoms. The summed E-state index contributed by atoms with van der Waals surface area (Å²) in [7, 11) is 0. The van der Waals surface area contributed by atoms with Crippen LogP contribution >= 0.6 is 0 Å². The van der Waals surface area contributed by atoms with Crippen molar-refractivity contribution in [1.29, 1.82) is 0 Å². The summed E-state index contributed by atoms with van der Waals surface area (Å²) in [6, 6.07) is 48.5. The van der Waals surface area contributed by atoms with Crippen LogP contribution in [0.2, 0.25) is 0 Å². The summed E-state index contributed by atoms with van der Waals surface area (Å²) in [6.45, 7) is 2.23. The van der Waals surface area contributed by atoms with Crippen LogP contribution in [0.3, 0.4) is 0 Å². The van der Waals surface area contributed by atoms with Crippen LogP contribution in [0, 0.1) is 25.0 Å². The summed E-state index contributed by atoms with van der Waals surface area (Å²) < 4.78 is 6.25. The van der Waals surface area contributed by atoms with Crippen LogP contribution < -0.4 is 5.32 Å². The molecule has 5 aromatic carbocycles. The molecule has 2 bridgehead atoms. The van der Waals surface area contributed by atoms with Gasteiger partial charge in [0.25, 0.3) is 0 Å². The second kappa shape index (κ2) is 14.7. The molecule has 1 fully saturated rings. The van der Waals surface area contributed by atoms with Gasteiger partial charge in [0.05, 0.1) is 0 Å². The van der Waals surface area contributed by atoms with Gasteiger partial charge in [-0.15, -0.1) is 59.7 Å². The van der Waals surface area contributed by atoms with E-state index in [0.29, 0.717) is 0 Å². The molecule has 8 aromatic rings. The number of nitrogens with one attached hydrogen (secondary N) is 1. The number of nitrogens with zero attached hydrogens (tertiary/aromatic N) is 2. The molecular weight excluding hydrogens is 815 g/mol. The number of hydrogen-bond acceptors (Lipinski definition) is 4. The Hall–Kier alpha value is -5.35. The minimum absolute atomic E-state index is 0. The monoisotopic (exact) mass is 852 g/mol. The molecule has 0 spiro atoms. The number of aromatic nitrogens is 2. The van der Waals surface area contributed by atoms with E-state index < -0.39 is 0 Å². The third-order valence-electron chi connectivity index (χ3n) is 10.4. The first kappa shape index (κ1) is 33.8. The van der Waals surface area contributed by atoms with Crippen LogP contribution in [-0.4, -0.2) is 9.97 Å². The fraction of sp³-hybridized carbons (Fsp3) is 0.149. The van der Waals surface area contributed by atoms with E-state index in [1.54, 1.807) is 6.20 Å². The first-order valence-corrected chi connectivity index (χ1v) is 17.9. The quantitative estimate of drug-likeness (QED) is 0.179. The molecular formula is C47H37IrN3O-2. The molecule has 5 heteroatoms. The Morgan fingerprint density at radius 3 is 2.25 bits per heavy atom. The molecule has 0 unspecified atom stereocenters. The molecule has 1 N–H and O–H groups in total. The standard InChI is InChI=1S/C36H29N2O.C11H8N.Ir/c1-22-26-10-6-11-27(22)30-21-36-31(28-9-4-5-12-35(28)39-36)20-34(30)38-32-14-13-25(19-29(26)32)33-18-24(15-16-37-33)17-23-7-2-3-8-23;1-2-6-10(7-3-1)11-8-4-5-9-12-11;/h4-6,9-12,14-16,18-21,23,38H,2-3,7-8,17H2,1H3;1-6,8-9H;/q2*-1;. The number of anilines is 2. The van der Waals surface area contributed by atoms with E-state index in [9.17, 15) is 0 Å². The Balaban J connectivity index is 0.000000253. The summed E-state index contributed by atoms with van der Waals surface area (Å²) in [5.41, 5.74) is 15.4. The topological polar surface area (TPSA) is 51.0 Å². The van der Waals surface area contributed by atoms with Gasteiger partial charge in [-0.2, -0.15) is 0 Å². The normalized spacial score (nSPS) is 13.2. The smallest absolute Gasteiger partial charge is 0.136 e. The van der Waals surface area contributed by atoms with Gasteiger partial charge in [0, 0.05) is 54.5 Å². The van der Waals surface area contributed by atoms with Crippen molar-refractivity contribution in [3.05, 3.63) is 157 Å². The van der Waals surface area contributed by atoms with Crippen molar-refractivity contribution in [3.63, 3.8) is 0 Å². The Morgan fingerprint density at radius 2 is 1.44 bits per heavy atom. The number of rotatable bonds is 4. The van der Waals surface area contributed by atoms with Crippen LogP contribution in [0.15, 0.2) is 138 Å². The van der Waals surface area contributed by atoms with Crippen molar-refractivity contribution < 1.29 is 24.5 Å². The molecule has 1 saturated carbocycles. The van der Waals surface area contributed by atoms with Crippen LogP contribution in [0.4, 0.5) is 11.4 Å². The van der Waals surface area contributed by atoms with Crippen molar-refractivity contribution >= 4 is 33.3 Å². The number of hydrogen-bond donors (Lipinski definition) is 1. The molecule has 3 aromatic heterocycles. The molecule has 1 radical (unpaired) electrons. The van der Waals surface area contributed by atoms with Gasteiger partial charge in [0.2, 0.25) is 0 Å². The van der Waals surface area contributed by atoms with Gasteiger partial charge in [0.15, 0.2) is 0 Å². The Bertz CT molecular complexity index is 2460. The van der Waals surface area contributed by atoms with Crippen molar-refractivity contribution in [2.75, 3.05) is 5.32 Å². The van der Waals surface area contributed by atoms with E-state index in [4.69, 9.17) is 9.40 Å². The molecule has 4 nitrogen and oxygen atoms in total. The molecule has 257 valence electrons. The van der Waals surface area contributed by atoms with Gasteiger partial charge in [-0.05, 0) is 83.4 Å². The summed E-state index contributed by atoms with van der Waals surface area (Å²) in [5.74, 6) is 0.813. The van der Waals surface area contributed by atoms with Gasteiger partial charge < -0.3 is 19.7 Å². The molecule has 4 heterocycles. The van der Waals surface area contributed by atoms with Crippen LogP contribution in [0.1, 0.15) is 36.8 Å². The summed E-state index contributed by atoms with van der Waals surface area (Å²) >= 11 is 0. The number of benzene rings is 5. The van der Waals surface area contributed by atoms with Crippen LogP contribution in [0.5, 0.6) is 0 Å². The van der Waals surface area contributed by atoms with E-state index in [1.165, 1.54) is 53.5 Å². The number of fused-ring (bicyclic) bond motifs is 9. The first-order valence-electron chi connectivity index (χ1n) is 17.9. The second-order valence-electron chi connectivity index (χ2n) is 13.7. The van der Waals surface area contributed by atoms with Crippen LogP contribution in [0.25, 0.3) is 66.7 Å². The van der Waals surface area contributed by atoms with Gasteiger partial charge in [-0.1, -0.05) is 91.4 Å². The zero-order chi connectivity index (χ0) is 34.1. The number of para-hydroxylation sites is 1. The Morgan fingerprint density at radius 1 is 0.654 bits per heavy atom. The minimum Gasteiger partial charge on any atom is -0.456 e. The zero-order valence-electron chi connectivity index (χ0n) is 29.0. The van der Waals surface area contributed by atoms with Crippen molar-refractivity contribution in [1.82, 2.24) is 9.97 Å². The number of pyridine rings is 2. The Kier molecular flexibility index (Phi) is 9.56. The summed E-state index contributed by atoms with van der Waals surface area (Å²) in [4.78, 5) is 8.98. The van der Waals surface area contributed by atoms with E-state index in [2.05, 4.69) is 96.1 Å². The van der Waals surface area contributed by atoms with Gasteiger partial charge >= 0.3 is 0 Å². The minimum atomic E-state index is 0. The largest absolute Gasteiger partial charge is 0.456 e. The fourth-order valence-corrected chi connectivity index (χ4v) is 7.80. The van der Waals surface area contributed by atoms with Crippen molar-refractivity contribution in [2.24, 2.45) is 5.92 Å². The van der Waals surface area contributed by atoms with Crippen molar-refractivity contribution in [3.8, 4) is 44.8 Å². The van der Waals surface area contributed by atoms with Gasteiger partial charge in [-0.3, -0.25) is 0 Å². The Labute approximate surface area is 318 Å². The van der Waals surface area contributed by atoms with E-state index in [-0.39, 0.29) is 20.1 Å². The fourth-order valence-electron chi connectivity index (χ4n) is 7.80. The molecule has 2 aliphatic rings. The molecule has 1 aliphatic heterocycles.